The predicted molar refractivity (Wildman–Crippen MR) is 58.9 cm³/mol. The van der Waals surface area contributed by atoms with E-state index in [9.17, 15) is 4.79 Å². The molecule has 0 aromatic rings. The molecule has 2 fully saturated rings. The van der Waals surface area contributed by atoms with Crippen LogP contribution in [-0.4, -0.2) is 68.2 Å². The first kappa shape index (κ1) is 10.7. The molecule has 2 amide bonds. The molecule has 86 valence electrons. The van der Waals surface area contributed by atoms with E-state index in [0.717, 1.165) is 39.3 Å². The van der Waals surface area contributed by atoms with E-state index in [4.69, 9.17) is 0 Å². The number of nitrogens with zero attached hydrogens (tertiary/aromatic N) is 2. The van der Waals surface area contributed by atoms with Gasteiger partial charge in [-0.25, -0.2) is 4.79 Å². The first-order valence-corrected chi connectivity index (χ1v) is 5.72. The van der Waals surface area contributed by atoms with Crippen molar-refractivity contribution < 1.29 is 4.79 Å². The van der Waals surface area contributed by atoms with Gasteiger partial charge in [-0.1, -0.05) is 0 Å². The number of piperazine rings is 1. The van der Waals surface area contributed by atoms with Crippen molar-refractivity contribution in [2.75, 3.05) is 46.3 Å². The Bertz CT molecular complexity index is 233. The molecule has 5 heteroatoms. The summed E-state index contributed by atoms with van der Waals surface area (Å²) in [5, 5.41) is 6.05. The maximum atomic E-state index is 11.4. The van der Waals surface area contributed by atoms with Crippen LogP contribution in [0, 0.1) is 0 Å². The zero-order valence-electron chi connectivity index (χ0n) is 9.33. The first-order chi connectivity index (χ1) is 7.31. The number of hydrogen-bond acceptors (Lipinski definition) is 3. The highest BCUT2D eigenvalue weighted by molar-refractivity contribution is 5.77. The average Bonchev–Trinajstić information content (AvgIpc) is 2.61. The number of amides is 2. The topological polar surface area (TPSA) is 47.6 Å². The van der Waals surface area contributed by atoms with Gasteiger partial charge in [0.05, 0.1) is 6.04 Å². The summed E-state index contributed by atoms with van der Waals surface area (Å²) in [6.45, 7) is 5.97. The fourth-order valence-electron chi connectivity index (χ4n) is 2.35. The van der Waals surface area contributed by atoms with Gasteiger partial charge >= 0.3 is 6.03 Å². The van der Waals surface area contributed by atoms with Crippen LogP contribution in [0.2, 0.25) is 0 Å². The Morgan fingerprint density at radius 1 is 1.53 bits per heavy atom. The summed E-state index contributed by atoms with van der Waals surface area (Å²) in [6.07, 6.45) is 1.19. The number of urea groups is 1. The van der Waals surface area contributed by atoms with Crippen molar-refractivity contribution in [3.63, 3.8) is 0 Å². The molecule has 0 aromatic carbocycles. The van der Waals surface area contributed by atoms with Gasteiger partial charge in [-0.3, -0.25) is 4.90 Å². The van der Waals surface area contributed by atoms with Crippen LogP contribution >= 0.6 is 0 Å². The van der Waals surface area contributed by atoms with Crippen molar-refractivity contribution in [1.29, 1.82) is 0 Å². The van der Waals surface area contributed by atoms with Crippen LogP contribution in [0.15, 0.2) is 0 Å². The van der Waals surface area contributed by atoms with Gasteiger partial charge in [-0.15, -0.1) is 0 Å². The van der Waals surface area contributed by atoms with Gasteiger partial charge in [0.2, 0.25) is 0 Å². The second-order valence-electron chi connectivity index (χ2n) is 4.29. The van der Waals surface area contributed by atoms with Crippen molar-refractivity contribution in [2.45, 2.75) is 12.5 Å². The highest BCUT2D eigenvalue weighted by Gasteiger charge is 2.34. The molecule has 0 bridgehead atoms. The van der Waals surface area contributed by atoms with E-state index in [2.05, 4.69) is 15.5 Å². The highest BCUT2D eigenvalue weighted by Crippen LogP contribution is 2.13. The lowest BCUT2D eigenvalue weighted by atomic mass is 10.2. The second-order valence-corrected chi connectivity index (χ2v) is 4.29. The predicted octanol–water partition coefficient (Wildman–Crippen LogP) is -0.695. The monoisotopic (exact) mass is 212 g/mol. The van der Waals surface area contributed by atoms with E-state index < -0.39 is 0 Å². The van der Waals surface area contributed by atoms with Crippen LogP contribution in [0.1, 0.15) is 6.42 Å². The summed E-state index contributed by atoms with van der Waals surface area (Å²) < 4.78 is 0. The zero-order chi connectivity index (χ0) is 10.7. The summed E-state index contributed by atoms with van der Waals surface area (Å²) in [6, 6.07) is 0.524. The second kappa shape index (κ2) is 4.81. The molecule has 0 spiro atoms. The molecule has 2 aliphatic rings. The molecule has 1 unspecified atom stereocenters. The van der Waals surface area contributed by atoms with Gasteiger partial charge in [-0.05, 0) is 26.6 Å². The molecular weight excluding hydrogens is 192 g/mol. The Kier molecular flexibility index (Phi) is 3.43. The lowest BCUT2D eigenvalue weighted by Gasteiger charge is -2.36. The molecule has 5 nitrogen and oxygen atoms in total. The maximum absolute atomic E-state index is 11.4. The third-order valence-corrected chi connectivity index (χ3v) is 3.22. The van der Waals surface area contributed by atoms with Crippen LogP contribution in [-0.2, 0) is 0 Å². The summed E-state index contributed by atoms with van der Waals surface area (Å²) >= 11 is 0. The Labute approximate surface area is 90.8 Å². The lowest BCUT2D eigenvalue weighted by Crippen LogP contribution is -2.52. The number of fused-ring (bicyclic) bond motifs is 1. The van der Waals surface area contributed by atoms with E-state index in [1.54, 1.807) is 0 Å². The fourth-order valence-corrected chi connectivity index (χ4v) is 2.35. The molecule has 0 saturated carbocycles. The number of carbonyl (C=O) groups is 1. The standard InChI is InChI=1S/C10H20N4O/c1-11-3-2-4-13-5-6-14-9(8-13)7-12-10(14)15/h9,11H,2-8H2,1H3,(H,12,15). The number of hydrogen-bond donors (Lipinski definition) is 2. The van der Waals surface area contributed by atoms with Crippen LogP contribution < -0.4 is 10.6 Å². The minimum Gasteiger partial charge on any atom is -0.336 e. The molecule has 2 N–H and O–H groups in total. The zero-order valence-corrected chi connectivity index (χ0v) is 9.33. The van der Waals surface area contributed by atoms with Gasteiger partial charge in [0.15, 0.2) is 0 Å². The van der Waals surface area contributed by atoms with E-state index in [-0.39, 0.29) is 6.03 Å². The van der Waals surface area contributed by atoms with Crippen molar-refractivity contribution in [3.05, 3.63) is 0 Å². The van der Waals surface area contributed by atoms with E-state index in [0.29, 0.717) is 6.04 Å². The highest BCUT2D eigenvalue weighted by atomic mass is 16.2. The number of carbonyl (C=O) groups excluding carboxylic acids is 1. The quantitative estimate of drug-likeness (QED) is 0.606. The van der Waals surface area contributed by atoms with Gasteiger partial charge in [0, 0.05) is 26.2 Å². The SMILES string of the molecule is CNCCCN1CCN2C(=O)NCC2C1. The summed E-state index contributed by atoms with van der Waals surface area (Å²) in [4.78, 5) is 15.8. The van der Waals surface area contributed by atoms with E-state index in [1.807, 2.05) is 11.9 Å². The smallest absolute Gasteiger partial charge is 0.317 e. The summed E-state index contributed by atoms with van der Waals surface area (Å²) in [5.74, 6) is 0. The Morgan fingerprint density at radius 2 is 2.40 bits per heavy atom. The average molecular weight is 212 g/mol. The van der Waals surface area contributed by atoms with E-state index in [1.165, 1.54) is 6.42 Å². The van der Waals surface area contributed by atoms with Gasteiger partial charge < -0.3 is 15.5 Å². The maximum Gasteiger partial charge on any atom is 0.317 e. The lowest BCUT2D eigenvalue weighted by molar-refractivity contribution is 0.120. The molecule has 2 saturated heterocycles. The molecule has 2 rings (SSSR count). The molecule has 2 heterocycles. The minimum absolute atomic E-state index is 0.120. The normalized spacial score (nSPS) is 26.6. The van der Waals surface area contributed by atoms with Crippen molar-refractivity contribution >= 4 is 6.03 Å². The third-order valence-electron chi connectivity index (χ3n) is 3.22. The number of nitrogens with one attached hydrogen (secondary N) is 2. The Morgan fingerprint density at radius 3 is 3.20 bits per heavy atom. The van der Waals surface area contributed by atoms with Crippen molar-refractivity contribution in [2.24, 2.45) is 0 Å². The third kappa shape index (κ3) is 2.41. The molecule has 0 radical (unpaired) electrons. The van der Waals surface area contributed by atoms with Crippen LogP contribution in [0.4, 0.5) is 4.79 Å². The number of rotatable bonds is 4. The summed E-state index contributed by atoms with van der Waals surface area (Å²) in [7, 11) is 1.98. The molecule has 1 atom stereocenters. The van der Waals surface area contributed by atoms with Gasteiger partial charge in [0.1, 0.15) is 0 Å². The van der Waals surface area contributed by atoms with Crippen LogP contribution in [0.3, 0.4) is 0 Å². The fraction of sp³-hybridized carbons (Fsp3) is 0.900. The Balaban J connectivity index is 1.75. The molecular formula is C10H20N4O. The molecule has 2 aliphatic heterocycles. The minimum atomic E-state index is 0.120. The Hall–Kier alpha value is -0.810. The molecule has 0 aromatic heterocycles. The largest absolute Gasteiger partial charge is 0.336 e. The molecule has 0 aliphatic carbocycles. The van der Waals surface area contributed by atoms with Crippen molar-refractivity contribution in [1.82, 2.24) is 20.4 Å². The summed E-state index contributed by atoms with van der Waals surface area (Å²) in [5.41, 5.74) is 0. The van der Waals surface area contributed by atoms with Crippen molar-refractivity contribution in [3.8, 4) is 0 Å². The van der Waals surface area contributed by atoms with Gasteiger partial charge in [-0.2, -0.15) is 0 Å². The first-order valence-electron chi connectivity index (χ1n) is 5.72. The van der Waals surface area contributed by atoms with Crippen LogP contribution in [0.25, 0.3) is 0 Å². The van der Waals surface area contributed by atoms with Crippen LogP contribution in [0.5, 0.6) is 0 Å². The molecule has 15 heavy (non-hydrogen) atoms. The van der Waals surface area contributed by atoms with Gasteiger partial charge in [0.25, 0.3) is 0 Å². The van der Waals surface area contributed by atoms with E-state index >= 15 is 0 Å².